The molecule has 0 saturated heterocycles. The summed E-state index contributed by atoms with van der Waals surface area (Å²) in [5.41, 5.74) is -3.35. The van der Waals surface area contributed by atoms with Crippen LogP contribution in [0.3, 0.4) is 0 Å². The number of nitro groups is 1. The summed E-state index contributed by atoms with van der Waals surface area (Å²) in [6, 6.07) is 6.74. The van der Waals surface area contributed by atoms with Crippen LogP contribution in [0.1, 0.15) is 5.56 Å². The molecule has 0 radical (unpaired) electrons. The third kappa shape index (κ3) is 1.42. The Hall–Kier alpha value is -1.95. The molecule has 0 aromatic heterocycles. The largest absolute Gasteiger partial charge is 0.474 e. The van der Waals surface area contributed by atoms with Crippen molar-refractivity contribution in [3.05, 3.63) is 46.0 Å². The maximum absolute atomic E-state index is 10.6. The first-order valence-corrected chi connectivity index (χ1v) is 3.65. The Morgan fingerprint density at radius 3 is 2.21 bits per heavy atom. The van der Waals surface area contributed by atoms with E-state index in [1.807, 2.05) is 0 Å². The molecule has 14 heavy (non-hydrogen) atoms. The van der Waals surface area contributed by atoms with Crippen LogP contribution in [0.4, 0.5) is 0 Å². The second-order valence-corrected chi connectivity index (χ2v) is 2.60. The minimum absolute atomic E-state index is 0.280. The number of hydrogen-bond acceptors (Lipinski definition) is 4. The van der Waals surface area contributed by atoms with Crippen molar-refractivity contribution in [1.29, 1.82) is 0 Å². The average molecular weight is 197 g/mol. The van der Waals surface area contributed by atoms with E-state index in [4.69, 9.17) is 5.11 Å². The van der Waals surface area contributed by atoms with Crippen molar-refractivity contribution in [2.75, 3.05) is 0 Å². The molecule has 1 rings (SSSR count). The van der Waals surface area contributed by atoms with Crippen LogP contribution in [-0.4, -0.2) is 21.1 Å². The molecule has 2 N–H and O–H groups in total. The predicted octanol–water partition coefficient (Wildman–Crippen LogP) is 0.193. The van der Waals surface area contributed by atoms with Gasteiger partial charge in [0.25, 0.3) is 0 Å². The lowest BCUT2D eigenvalue weighted by Gasteiger charge is -2.13. The summed E-state index contributed by atoms with van der Waals surface area (Å²) in [6.45, 7) is 0. The molecule has 74 valence electrons. The maximum Gasteiger partial charge on any atom is 0.446 e. The number of carbonyl (C=O) groups is 1. The van der Waals surface area contributed by atoms with Gasteiger partial charge in [0.15, 0.2) is 0 Å². The highest BCUT2D eigenvalue weighted by molar-refractivity contribution is 5.76. The van der Waals surface area contributed by atoms with Crippen LogP contribution in [0.2, 0.25) is 0 Å². The van der Waals surface area contributed by atoms with E-state index in [0.29, 0.717) is 0 Å². The van der Waals surface area contributed by atoms with Gasteiger partial charge in [-0.3, -0.25) is 10.1 Å². The van der Waals surface area contributed by atoms with Gasteiger partial charge < -0.3 is 10.2 Å². The summed E-state index contributed by atoms with van der Waals surface area (Å²) in [7, 11) is 0. The van der Waals surface area contributed by atoms with Crippen molar-refractivity contribution in [3.8, 4) is 0 Å². The first-order chi connectivity index (χ1) is 6.49. The lowest BCUT2D eigenvalue weighted by atomic mass is 10.0. The molecular weight excluding hydrogens is 190 g/mol. The zero-order chi connectivity index (χ0) is 10.8. The maximum atomic E-state index is 10.6. The molecule has 0 amide bonds. The lowest BCUT2D eigenvalue weighted by Crippen LogP contribution is -2.43. The van der Waals surface area contributed by atoms with Gasteiger partial charge in [0.1, 0.15) is 0 Å². The summed E-state index contributed by atoms with van der Waals surface area (Å²) in [5, 5.41) is 28.3. The number of benzene rings is 1. The zero-order valence-electron chi connectivity index (χ0n) is 6.95. The Kier molecular flexibility index (Phi) is 2.48. The smallest absolute Gasteiger partial charge is 0.446 e. The molecule has 1 atom stereocenters. The normalized spacial score (nSPS) is 14.4. The van der Waals surface area contributed by atoms with Gasteiger partial charge in [-0.2, -0.15) is 0 Å². The summed E-state index contributed by atoms with van der Waals surface area (Å²) in [4.78, 5) is 19.8. The van der Waals surface area contributed by atoms with Crippen LogP contribution in [0, 0.1) is 10.1 Å². The number of nitrogens with zero attached hydrogens (tertiary/aromatic N) is 1. The number of carboxylic acid groups (broad SMARTS) is 1. The molecule has 0 saturated carbocycles. The molecule has 0 aliphatic heterocycles. The average Bonchev–Trinajstić information content (AvgIpc) is 2.17. The molecule has 0 spiro atoms. The van der Waals surface area contributed by atoms with Crippen molar-refractivity contribution < 1.29 is 19.9 Å². The minimum atomic E-state index is -3.07. The Morgan fingerprint density at radius 1 is 1.36 bits per heavy atom. The highest BCUT2D eigenvalue weighted by atomic mass is 16.7. The van der Waals surface area contributed by atoms with E-state index >= 15 is 0 Å². The van der Waals surface area contributed by atoms with Crippen molar-refractivity contribution in [2.45, 2.75) is 5.72 Å². The summed E-state index contributed by atoms with van der Waals surface area (Å²) in [6.07, 6.45) is 0. The Labute approximate surface area is 78.6 Å². The topological polar surface area (TPSA) is 101 Å². The fourth-order valence-corrected chi connectivity index (χ4v) is 0.978. The van der Waals surface area contributed by atoms with Crippen molar-refractivity contribution in [3.63, 3.8) is 0 Å². The van der Waals surface area contributed by atoms with Gasteiger partial charge in [-0.1, -0.05) is 18.2 Å². The Balaban J connectivity index is 3.27. The monoisotopic (exact) mass is 197 g/mol. The SMILES string of the molecule is O=C(O)C(O)(c1ccccc1)[N+](=O)[O-]. The number of hydrogen-bond donors (Lipinski definition) is 2. The van der Waals surface area contributed by atoms with Crippen molar-refractivity contribution in [1.82, 2.24) is 0 Å². The van der Waals surface area contributed by atoms with Crippen LogP contribution in [0.25, 0.3) is 0 Å². The van der Waals surface area contributed by atoms with Gasteiger partial charge >= 0.3 is 11.7 Å². The third-order valence-electron chi connectivity index (χ3n) is 1.74. The Morgan fingerprint density at radius 2 is 1.86 bits per heavy atom. The molecule has 0 fully saturated rings. The molecule has 0 bridgehead atoms. The van der Waals surface area contributed by atoms with Crippen molar-refractivity contribution in [2.24, 2.45) is 0 Å². The van der Waals surface area contributed by atoms with Crippen LogP contribution in [-0.2, 0) is 10.5 Å². The molecule has 0 aliphatic carbocycles. The molecule has 1 unspecified atom stereocenters. The Bertz CT molecular complexity index is 347. The molecular formula is C8H7NO5. The molecule has 1 aromatic rings. The van der Waals surface area contributed by atoms with Gasteiger partial charge in [-0.25, -0.2) is 4.79 Å². The summed E-state index contributed by atoms with van der Waals surface area (Å²) >= 11 is 0. The number of rotatable bonds is 3. The van der Waals surface area contributed by atoms with Crippen LogP contribution in [0.15, 0.2) is 30.3 Å². The minimum Gasteiger partial charge on any atom is -0.474 e. The van der Waals surface area contributed by atoms with Gasteiger partial charge in [0.05, 0.1) is 10.5 Å². The molecule has 0 aliphatic rings. The first kappa shape index (κ1) is 10.1. The van der Waals surface area contributed by atoms with Crippen molar-refractivity contribution >= 4 is 5.97 Å². The van der Waals surface area contributed by atoms with Gasteiger partial charge in [-0.15, -0.1) is 0 Å². The van der Waals surface area contributed by atoms with Crippen LogP contribution in [0.5, 0.6) is 0 Å². The standard InChI is InChI=1S/C8H7NO5/c10-7(11)8(12,9(13)14)6-4-2-1-3-5-6/h1-5,12H,(H,10,11). The number of aliphatic carboxylic acids is 1. The summed E-state index contributed by atoms with van der Waals surface area (Å²) < 4.78 is 0. The van der Waals surface area contributed by atoms with E-state index in [1.165, 1.54) is 24.3 Å². The van der Waals surface area contributed by atoms with Gasteiger partial charge in [0.2, 0.25) is 0 Å². The zero-order valence-corrected chi connectivity index (χ0v) is 6.95. The van der Waals surface area contributed by atoms with E-state index in [9.17, 15) is 20.0 Å². The third-order valence-corrected chi connectivity index (χ3v) is 1.74. The number of aliphatic hydroxyl groups is 1. The molecule has 0 heterocycles. The van der Waals surface area contributed by atoms with E-state index < -0.39 is 16.6 Å². The number of carboxylic acids is 1. The predicted molar refractivity (Wildman–Crippen MR) is 45.0 cm³/mol. The van der Waals surface area contributed by atoms with Gasteiger partial charge in [-0.05, 0) is 12.1 Å². The molecule has 6 heteroatoms. The van der Waals surface area contributed by atoms with E-state index in [1.54, 1.807) is 6.07 Å². The fourth-order valence-electron chi connectivity index (χ4n) is 0.978. The second-order valence-electron chi connectivity index (χ2n) is 2.60. The van der Waals surface area contributed by atoms with Crippen LogP contribution >= 0.6 is 0 Å². The van der Waals surface area contributed by atoms with Crippen LogP contribution < -0.4 is 0 Å². The van der Waals surface area contributed by atoms with E-state index in [-0.39, 0.29) is 5.56 Å². The molecule has 6 nitrogen and oxygen atoms in total. The van der Waals surface area contributed by atoms with E-state index in [0.717, 1.165) is 0 Å². The first-order valence-electron chi connectivity index (χ1n) is 3.65. The highest BCUT2D eigenvalue weighted by Crippen LogP contribution is 2.21. The molecule has 1 aromatic carbocycles. The summed E-state index contributed by atoms with van der Waals surface area (Å²) in [5.74, 6) is -1.91. The van der Waals surface area contributed by atoms with Gasteiger partial charge in [0, 0.05) is 0 Å². The fraction of sp³-hybridized carbons (Fsp3) is 0.125. The van der Waals surface area contributed by atoms with E-state index in [2.05, 4.69) is 0 Å². The highest BCUT2D eigenvalue weighted by Gasteiger charge is 2.51. The lowest BCUT2D eigenvalue weighted by molar-refractivity contribution is -0.617. The second kappa shape index (κ2) is 3.43. The quantitative estimate of drug-likeness (QED) is 0.409.